The third-order valence-electron chi connectivity index (χ3n) is 3.06. The van der Waals surface area contributed by atoms with Crippen molar-refractivity contribution in [3.8, 4) is 17.2 Å². The number of benzene rings is 1. The van der Waals surface area contributed by atoms with Crippen LogP contribution in [0.4, 0.5) is 0 Å². The van der Waals surface area contributed by atoms with E-state index in [1.54, 1.807) is 12.1 Å². The van der Waals surface area contributed by atoms with Crippen LogP contribution in [0.5, 0.6) is 17.2 Å². The van der Waals surface area contributed by atoms with Crippen molar-refractivity contribution in [1.82, 2.24) is 5.32 Å². The number of rotatable bonds is 8. The van der Waals surface area contributed by atoms with E-state index in [0.717, 1.165) is 0 Å². The van der Waals surface area contributed by atoms with Gasteiger partial charge in [-0.25, -0.2) is 0 Å². The van der Waals surface area contributed by atoms with Crippen molar-refractivity contribution in [2.75, 3.05) is 21.3 Å². The van der Waals surface area contributed by atoms with Crippen molar-refractivity contribution in [3.05, 3.63) is 17.7 Å². The lowest BCUT2D eigenvalue weighted by Crippen LogP contribution is -2.44. The Kier molecular flexibility index (Phi) is 6.26. The van der Waals surface area contributed by atoms with Gasteiger partial charge in [-0.3, -0.25) is 10.1 Å². The molecule has 21 heavy (non-hydrogen) atoms. The summed E-state index contributed by atoms with van der Waals surface area (Å²) in [4.78, 5) is 11.1. The third-order valence-corrected chi connectivity index (χ3v) is 3.06. The van der Waals surface area contributed by atoms with Gasteiger partial charge in [0.15, 0.2) is 0 Å². The largest absolute Gasteiger partial charge is 0.496 e. The Balaban J connectivity index is 3.03. The summed E-state index contributed by atoms with van der Waals surface area (Å²) in [5.41, 5.74) is 0.646. The molecule has 3 N–H and O–H groups in total. The van der Waals surface area contributed by atoms with Crippen LogP contribution in [0.2, 0.25) is 0 Å². The molecule has 118 valence electrons. The van der Waals surface area contributed by atoms with Gasteiger partial charge >= 0.3 is 5.97 Å². The first-order chi connectivity index (χ1) is 9.94. The van der Waals surface area contributed by atoms with Crippen molar-refractivity contribution in [2.24, 2.45) is 0 Å². The minimum Gasteiger partial charge on any atom is -0.496 e. The van der Waals surface area contributed by atoms with Gasteiger partial charge in [-0.1, -0.05) is 0 Å². The van der Waals surface area contributed by atoms with Crippen molar-refractivity contribution < 1.29 is 29.2 Å². The number of aliphatic carboxylic acids is 1. The van der Waals surface area contributed by atoms with Crippen LogP contribution in [-0.4, -0.2) is 49.7 Å². The molecule has 0 bridgehead atoms. The maximum atomic E-state index is 11.1. The van der Waals surface area contributed by atoms with Gasteiger partial charge in [0.1, 0.15) is 23.3 Å². The van der Waals surface area contributed by atoms with Crippen LogP contribution in [0.25, 0.3) is 0 Å². The topological polar surface area (TPSA) is 97.3 Å². The highest BCUT2D eigenvalue weighted by Crippen LogP contribution is 2.33. The van der Waals surface area contributed by atoms with Gasteiger partial charge in [0.05, 0.1) is 33.0 Å². The summed E-state index contributed by atoms with van der Waals surface area (Å²) in [6.45, 7) is 1.58. The van der Waals surface area contributed by atoms with Crippen LogP contribution in [-0.2, 0) is 11.3 Å². The lowest BCUT2D eigenvalue weighted by molar-refractivity contribution is -0.142. The van der Waals surface area contributed by atoms with Crippen LogP contribution >= 0.6 is 0 Å². The second-order valence-corrected chi connectivity index (χ2v) is 4.45. The predicted octanol–water partition coefficient (Wildman–Crippen LogP) is 0.636. The summed E-state index contributed by atoms with van der Waals surface area (Å²) in [5.74, 6) is 0.455. The lowest BCUT2D eigenvalue weighted by Gasteiger charge is -2.20. The molecule has 0 radical (unpaired) electrons. The molecule has 0 heterocycles. The first kappa shape index (κ1) is 17.1. The number of nitrogens with one attached hydrogen (secondary N) is 1. The molecule has 0 aliphatic rings. The Morgan fingerprint density at radius 3 is 2.05 bits per heavy atom. The summed E-state index contributed by atoms with van der Waals surface area (Å²) in [6, 6.07) is 2.27. The number of hydrogen-bond donors (Lipinski definition) is 3. The molecule has 0 aliphatic heterocycles. The zero-order valence-corrected chi connectivity index (χ0v) is 12.5. The van der Waals surface area contributed by atoms with E-state index in [1.807, 2.05) is 0 Å². The SMILES string of the molecule is COc1cc(OC)c(CNC(C(=O)O)C(C)O)c(OC)c1. The first-order valence-electron chi connectivity index (χ1n) is 6.37. The molecule has 0 amide bonds. The zero-order chi connectivity index (χ0) is 16.0. The molecule has 0 fully saturated rings. The molecule has 0 spiro atoms. The van der Waals surface area contributed by atoms with E-state index in [4.69, 9.17) is 19.3 Å². The van der Waals surface area contributed by atoms with Crippen molar-refractivity contribution >= 4 is 5.97 Å². The quantitative estimate of drug-likeness (QED) is 0.648. The second-order valence-electron chi connectivity index (χ2n) is 4.45. The molecule has 2 unspecified atom stereocenters. The van der Waals surface area contributed by atoms with E-state index in [2.05, 4.69) is 5.32 Å². The van der Waals surface area contributed by atoms with E-state index in [9.17, 15) is 9.90 Å². The second kappa shape index (κ2) is 7.70. The maximum absolute atomic E-state index is 11.1. The van der Waals surface area contributed by atoms with Gasteiger partial charge in [0.2, 0.25) is 0 Å². The minimum atomic E-state index is -1.13. The Labute approximate surface area is 123 Å². The van der Waals surface area contributed by atoms with Crippen molar-refractivity contribution in [3.63, 3.8) is 0 Å². The monoisotopic (exact) mass is 299 g/mol. The van der Waals surface area contributed by atoms with E-state index >= 15 is 0 Å². The molecule has 1 rings (SSSR count). The van der Waals surface area contributed by atoms with Crippen molar-refractivity contribution in [1.29, 1.82) is 0 Å². The Morgan fingerprint density at radius 1 is 1.19 bits per heavy atom. The predicted molar refractivity (Wildman–Crippen MR) is 76.0 cm³/mol. The number of carboxylic acid groups (broad SMARTS) is 1. The Morgan fingerprint density at radius 2 is 1.71 bits per heavy atom. The molecule has 7 nitrogen and oxygen atoms in total. The summed E-state index contributed by atoms with van der Waals surface area (Å²) in [5, 5.41) is 21.3. The molecule has 2 atom stereocenters. The maximum Gasteiger partial charge on any atom is 0.323 e. The number of carboxylic acids is 1. The standard InChI is InChI=1S/C14H21NO6/c1-8(16)13(14(17)18)15-7-10-11(20-3)5-9(19-2)6-12(10)21-4/h5-6,8,13,15-16H,7H2,1-4H3,(H,17,18). The molecule has 7 heteroatoms. The van der Waals surface area contributed by atoms with E-state index in [1.165, 1.54) is 28.3 Å². The zero-order valence-electron chi connectivity index (χ0n) is 12.5. The summed E-state index contributed by atoms with van der Waals surface area (Å²) < 4.78 is 15.7. The minimum absolute atomic E-state index is 0.165. The van der Waals surface area contributed by atoms with E-state index in [-0.39, 0.29) is 6.54 Å². The Bertz CT molecular complexity index is 463. The van der Waals surface area contributed by atoms with Crippen LogP contribution < -0.4 is 19.5 Å². The first-order valence-corrected chi connectivity index (χ1v) is 6.37. The number of methoxy groups -OCH3 is 3. The van der Waals surface area contributed by atoms with Crippen molar-refractivity contribution in [2.45, 2.75) is 25.6 Å². The third kappa shape index (κ3) is 4.24. The average molecular weight is 299 g/mol. The Hall–Kier alpha value is -1.99. The average Bonchev–Trinajstić information content (AvgIpc) is 2.46. The van der Waals surface area contributed by atoms with Gasteiger partial charge < -0.3 is 24.4 Å². The molecular formula is C14H21NO6. The lowest BCUT2D eigenvalue weighted by atomic mass is 10.1. The molecule has 0 saturated carbocycles. The number of ether oxygens (including phenoxy) is 3. The number of hydrogen-bond acceptors (Lipinski definition) is 6. The van der Waals surface area contributed by atoms with Crippen LogP contribution in [0, 0.1) is 0 Å². The number of aliphatic hydroxyl groups is 1. The molecule has 0 aromatic heterocycles. The molecule has 1 aromatic carbocycles. The summed E-state index contributed by atoms with van der Waals surface area (Å²) in [7, 11) is 4.53. The highest BCUT2D eigenvalue weighted by Gasteiger charge is 2.23. The van der Waals surface area contributed by atoms with E-state index in [0.29, 0.717) is 22.8 Å². The fourth-order valence-corrected chi connectivity index (χ4v) is 1.93. The van der Waals surface area contributed by atoms with Gasteiger partial charge in [-0.2, -0.15) is 0 Å². The molecule has 0 aliphatic carbocycles. The van der Waals surface area contributed by atoms with Gasteiger partial charge in [0.25, 0.3) is 0 Å². The van der Waals surface area contributed by atoms with Gasteiger partial charge in [0, 0.05) is 18.7 Å². The highest BCUT2D eigenvalue weighted by atomic mass is 16.5. The fourth-order valence-electron chi connectivity index (χ4n) is 1.93. The highest BCUT2D eigenvalue weighted by molar-refractivity contribution is 5.74. The van der Waals surface area contributed by atoms with Gasteiger partial charge in [-0.15, -0.1) is 0 Å². The summed E-state index contributed by atoms with van der Waals surface area (Å²) >= 11 is 0. The van der Waals surface area contributed by atoms with E-state index < -0.39 is 18.1 Å². The smallest absolute Gasteiger partial charge is 0.323 e. The molecule has 0 saturated heterocycles. The number of carbonyl (C=O) groups is 1. The van der Waals surface area contributed by atoms with Crippen LogP contribution in [0.3, 0.4) is 0 Å². The normalized spacial score (nSPS) is 13.4. The molecular weight excluding hydrogens is 278 g/mol. The van der Waals surface area contributed by atoms with Gasteiger partial charge in [-0.05, 0) is 6.92 Å². The fraction of sp³-hybridized carbons (Fsp3) is 0.500. The number of aliphatic hydroxyl groups excluding tert-OH is 1. The summed E-state index contributed by atoms with van der Waals surface area (Å²) in [6.07, 6.45) is -1.03. The molecule has 1 aromatic rings. The van der Waals surface area contributed by atoms with Crippen LogP contribution in [0.15, 0.2) is 12.1 Å². The van der Waals surface area contributed by atoms with Crippen LogP contribution in [0.1, 0.15) is 12.5 Å².